The molecule has 0 bridgehead atoms. The maximum atomic E-state index is 13.0. The number of nitrogens with one attached hydrogen (secondary N) is 1. The summed E-state index contributed by atoms with van der Waals surface area (Å²) in [6.07, 6.45) is -3.98. The highest BCUT2D eigenvalue weighted by atomic mass is 32.1. The van der Waals surface area contributed by atoms with Crippen LogP contribution in [0.5, 0.6) is 17.2 Å². The van der Waals surface area contributed by atoms with E-state index in [4.69, 9.17) is 26.4 Å². The van der Waals surface area contributed by atoms with Gasteiger partial charge in [-0.25, -0.2) is 0 Å². The molecule has 6 nitrogen and oxygen atoms in total. The van der Waals surface area contributed by atoms with Crippen LogP contribution in [0.2, 0.25) is 0 Å². The minimum atomic E-state index is -4.46. The molecule has 32 heavy (non-hydrogen) atoms. The van der Waals surface area contributed by atoms with Gasteiger partial charge in [0, 0.05) is 30.9 Å². The number of hydrogen-bond acceptors (Lipinski definition) is 5. The van der Waals surface area contributed by atoms with Crippen LogP contribution in [0.25, 0.3) is 0 Å². The number of rotatable bonds is 5. The van der Waals surface area contributed by atoms with Crippen LogP contribution in [-0.2, 0) is 11.8 Å². The van der Waals surface area contributed by atoms with Crippen molar-refractivity contribution in [2.24, 2.45) is 0 Å². The monoisotopic (exact) mass is 470 g/mol. The van der Waals surface area contributed by atoms with E-state index in [-0.39, 0.29) is 18.4 Å². The zero-order chi connectivity index (χ0) is 23.5. The van der Waals surface area contributed by atoms with E-state index in [2.05, 4.69) is 5.32 Å². The van der Waals surface area contributed by atoms with E-state index in [0.29, 0.717) is 41.1 Å². The summed E-state index contributed by atoms with van der Waals surface area (Å²) in [5.41, 5.74) is -1.23. The van der Waals surface area contributed by atoms with Crippen molar-refractivity contribution in [1.82, 2.24) is 4.90 Å². The fraction of sp³-hybridized carbons (Fsp3) is 0.409. The summed E-state index contributed by atoms with van der Waals surface area (Å²) >= 11 is 5.51. The van der Waals surface area contributed by atoms with Crippen molar-refractivity contribution in [3.63, 3.8) is 0 Å². The molecule has 2 aromatic carbocycles. The molecule has 0 radical (unpaired) electrons. The Morgan fingerprint density at radius 3 is 2.12 bits per heavy atom. The highest BCUT2D eigenvalue weighted by Gasteiger charge is 2.37. The maximum absolute atomic E-state index is 13.0. The van der Waals surface area contributed by atoms with Crippen LogP contribution >= 0.6 is 12.2 Å². The number of likely N-dealkylation sites (tertiary alicyclic amines) is 1. The molecule has 0 unspecified atom stereocenters. The van der Waals surface area contributed by atoms with Gasteiger partial charge in [0.1, 0.15) is 0 Å². The molecule has 0 amide bonds. The molecule has 0 atom stereocenters. The van der Waals surface area contributed by atoms with Crippen LogP contribution in [0.15, 0.2) is 36.4 Å². The molecule has 0 aliphatic carbocycles. The number of benzene rings is 2. The second-order valence-corrected chi connectivity index (χ2v) is 7.83. The van der Waals surface area contributed by atoms with Gasteiger partial charge < -0.3 is 29.5 Å². The highest BCUT2D eigenvalue weighted by molar-refractivity contribution is 7.80. The van der Waals surface area contributed by atoms with Crippen molar-refractivity contribution < 1.29 is 32.5 Å². The number of nitrogens with zero attached hydrogens (tertiary/aromatic N) is 1. The van der Waals surface area contributed by atoms with Crippen LogP contribution in [0, 0.1) is 0 Å². The zero-order valence-corrected chi connectivity index (χ0v) is 18.8. The van der Waals surface area contributed by atoms with E-state index in [1.165, 1.54) is 33.5 Å². The van der Waals surface area contributed by atoms with Gasteiger partial charge in [-0.1, -0.05) is 12.1 Å². The third-order valence-electron chi connectivity index (χ3n) is 5.52. The molecule has 1 aliphatic heterocycles. The van der Waals surface area contributed by atoms with Crippen molar-refractivity contribution >= 4 is 23.0 Å². The molecule has 0 aromatic heterocycles. The van der Waals surface area contributed by atoms with Crippen molar-refractivity contribution in [3.8, 4) is 17.2 Å². The van der Waals surface area contributed by atoms with E-state index in [9.17, 15) is 18.3 Å². The Morgan fingerprint density at radius 2 is 1.62 bits per heavy atom. The Bertz CT molecular complexity index is 951. The van der Waals surface area contributed by atoms with E-state index >= 15 is 0 Å². The lowest BCUT2D eigenvalue weighted by atomic mass is 9.84. The number of aliphatic hydroxyl groups is 1. The van der Waals surface area contributed by atoms with Gasteiger partial charge in [0.05, 0.1) is 32.5 Å². The summed E-state index contributed by atoms with van der Waals surface area (Å²) in [6, 6.07) is 8.30. The highest BCUT2D eigenvalue weighted by Crippen LogP contribution is 2.40. The molecule has 1 heterocycles. The van der Waals surface area contributed by atoms with Gasteiger partial charge in [-0.05, 0) is 42.8 Å². The van der Waals surface area contributed by atoms with E-state index in [1.807, 2.05) is 4.90 Å². The normalized spacial score (nSPS) is 15.8. The van der Waals surface area contributed by atoms with Gasteiger partial charge in [-0.15, -0.1) is 0 Å². The largest absolute Gasteiger partial charge is 0.493 e. The third-order valence-corrected chi connectivity index (χ3v) is 5.88. The van der Waals surface area contributed by atoms with Crippen molar-refractivity contribution in [2.45, 2.75) is 24.6 Å². The fourth-order valence-corrected chi connectivity index (χ4v) is 4.01. The summed E-state index contributed by atoms with van der Waals surface area (Å²) in [5.74, 6) is 1.39. The quantitative estimate of drug-likeness (QED) is 0.628. The predicted octanol–water partition coefficient (Wildman–Crippen LogP) is 4.41. The van der Waals surface area contributed by atoms with Crippen LogP contribution in [0.3, 0.4) is 0 Å². The minimum absolute atomic E-state index is 0.241. The summed E-state index contributed by atoms with van der Waals surface area (Å²) in [5, 5.41) is 14.6. The van der Waals surface area contributed by atoms with Gasteiger partial charge in [0.15, 0.2) is 16.6 Å². The molecule has 1 fully saturated rings. The van der Waals surface area contributed by atoms with Gasteiger partial charge in [-0.3, -0.25) is 0 Å². The minimum Gasteiger partial charge on any atom is -0.493 e. The Kier molecular flexibility index (Phi) is 7.04. The first-order valence-corrected chi connectivity index (χ1v) is 10.3. The fourth-order valence-electron chi connectivity index (χ4n) is 3.71. The van der Waals surface area contributed by atoms with Crippen LogP contribution in [-0.4, -0.2) is 49.5 Å². The first-order valence-electron chi connectivity index (χ1n) is 9.87. The topological polar surface area (TPSA) is 63.2 Å². The Balaban J connectivity index is 1.70. The summed E-state index contributed by atoms with van der Waals surface area (Å²) in [7, 11) is 4.54. The number of ether oxygens (including phenoxy) is 3. The number of thiocarbonyl (C=S) groups is 1. The standard InChI is InChI=1S/C22H25F3N2O4S/c1-29-17-12-16(13-18(30-2)19(17)31-3)26-20(32)27-9-7-21(28,8-10-27)14-5-4-6-15(11-14)22(23,24)25/h4-6,11-13,28H,7-10H2,1-3H3,(H,26,32). The van der Waals surface area contributed by atoms with E-state index in [1.54, 1.807) is 12.1 Å². The average Bonchev–Trinajstić information content (AvgIpc) is 2.78. The number of anilines is 1. The molecule has 1 saturated heterocycles. The molecule has 0 spiro atoms. The van der Waals surface area contributed by atoms with Crippen LogP contribution < -0.4 is 19.5 Å². The molecular formula is C22H25F3N2O4S. The van der Waals surface area contributed by atoms with Crippen molar-refractivity contribution in [3.05, 3.63) is 47.5 Å². The molecule has 0 saturated carbocycles. The van der Waals surface area contributed by atoms with Crippen LogP contribution in [0.4, 0.5) is 18.9 Å². The number of halogens is 3. The smallest absolute Gasteiger partial charge is 0.416 e. The van der Waals surface area contributed by atoms with Crippen LogP contribution in [0.1, 0.15) is 24.0 Å². The van der Waals surface area contributed by atoms with Gasteiger partial charge in [0.2, 0.25) is 5.75 Å². The van der Waals surface area contributed by atoms with Gasteiger partial charge >= 0.3 is 6.18 Å². The molecule has 10 heteroatoms. The van der Waals surface area contributed by atoms with Crippen molar-refractivity contribution in [2.75, 3.05) is 39.7 Å². The molecule has 1 aliphatic rings. The second-order valence-electron chi connectivity index (χ2n) is 7.44. The first-order chi connectivity index (χ1) is 15.1. The maximum Gasteiger partial charge on any atom is 0.416 e. The molecule has 2 aromatic rings. The van der Waals surface area contributed by atoms with Gasteiger partial charge in [0.25, 0.3) is 0 Å². The number of piperidine rings is 1. The van der Waals surface area contributed by atoms with E-state index < -0.39 is 17.3 Å². The summed E-state index contributed by atoms with van der Waals surface area (Å²) in [4.78, 5) is 1.86. The number of methoxy groups -OCH3 is 3. The van der Waals surface area contributed by atoms with Crippen molar-refractivity contribution in [1.29, 1.82) is 0 Å². The number of hydrogen-bond donors (Lipinski definition) is 2. The van der Waals surface area contributed by atoms with E-state index in [0.717, 1.165) is 12.1 Å². The Morgan fingerprint density at radius 1 is 1.03 bits per heavy atom. The SMILES string of the molecule is COc1cc(NC(=S)N2CCC(O)(c3cccc(C(F)(F)F)c3)CC2)cc(OC)c1OC. The predicted molar refractivity (Wildman–Crippen MR) is 118 cm³/mol. The number of alkyl halides is 3. The zero-order valence-electron chi connectivity index (χ0n) is 18.0. The lowest BCUT2D eigenvalue weighted by molar-refractivity contribution is -0.137. The second kappa shape index (κ2) is 9.41. The Hall–Kier alpha value is -2.72. The molecule has 3 rings (SSSR count). The first kappa shape index (κ1) is 23.9. The lowest BCUT2D eigenvalue weighted by Gasteiger charge is -2.39. The van der Waals surface area contributed by atoms with Gasteiger partial charge in [-0.2, -0.15) is 13.2 Å². The summed E-state index contributed by atoms with van der Waals surface area (Å²) in [6.45, 7) is 0.756. The lowest BCUT2D eigenvalue weighted by Crippen LogP contribution is -2.46. The molecule has 174 valence electrons. The molecular weight excluding hydrogens is 445 g/mol. The Labute approximate surface area is 189 Å². The average molecular weight is 471 g/mol. The summed E-state index contributed by atoms with van der Waals surface area (Å²) < 4.78 is 55.1. The molecule has 2 N–H and O–H groups in total. The third kappa shape index (κ3) is 5.02.